The fraction of sp³-hybridized carbons (Fsp3) is 0.684. The molecule has 1 heteroatoms. The molecule has 0 aliphatic heterocycles. The second-order valence-electron chi connectivity index (χ2n) is 6.78. The van der Waals surface area contributed by atoms with Gasteiger partial charge in [0.25, 0.3) is 0 Å². The lowest BCUT2D eigenvalue weighted by molar-refractivity contribution is 0.339. The first-order valence-corrected chi connectivity index (χ1v) is 8.70. The number of para-hydroxylation sites is 1. The maximum absolute atomic E-state index is 2.84. The van der Waals surface area contributed by atoms with Gasteiger partial charge < -0.3 is 4.90 Å². The number of nitrogens with zero attached hydrogens (tertiary/aromatic N) is 1. The normalized spacial score (nSPS) is 21.9. The van der Waals surface area contributed by atoms with E-state index < -0.39 is 0 Å². The van der Waals surface area contributed by atoms with Crippen LogP contribution in [0.15, 0.2) is 24.3 Å². The van der Waals surface area contributed by atoms with Crippen molar-refractivity contribution < 1.29 is 0 Å². The van der Waals surface area contributed by atoms with E-state index in [2.05, 4.69) is 36.1 Å². The second-order valence-corrected chi connectivity index (χ2v) is 6.78. The third-order valence-corrected chi connectivity index (χ3v) is 5.33. The van der Waals surface area contributed by atoms with Crippen molar-refractivity contribution in [3.8, 4) is 0 Å². The van der Waals surface area contributed by atoms with Gasteiger partial charge in [-0.3, -0.25) is 0 Å². The Labute approximate surface area is 124 Å². The Kier molecular flexibility index (Phi) is 4.65. The summed E-state index contributed by atoms with van der Waals surface area (Å²) in [5.41, 5.74) is 2.98. The largest absolute Gasteiger partial charge is 0.365 e. The standard InChI is InChI=1S/C19H29N/c1-16-10-8-9-15-19(16)20(17-11-4-2-5-12-17)18-13-6-3-7-14-18/h8-10,15,17-18H,2-7,11-14H2,1H3. The van der Waals surface area contributed by atoms with Crippen LogP contribution in [0.3, 0.4) is 0 Å². The van der Waals surface area contributed by atoms with Crippen LogP contribution >= 0.6 is 0 Å². The number of anilines is 1. The topological polar surface area (TPSA) is 3.24 Å². The highest BCUT2D eigenvalue weighted by atomic mass is 15.2. The minimum Gasteiger partial charge on any atom is -0.365 e. The van der Waals surface area contributed by atoms with Crippen molar-refractivity contribution in [2.24, 2.45) is 0 Å². The Balaban J connectivity index is 1.87. The summed E-state index contributed by atoms with van der Waals surface area (Å²) in [6, 6.07) is 10.6. The summed E-state index contributed by atoms with van der Waals surface area (Å²) in [5, 5.41) is 0. The molecule has 0 saturated heterocycles. The monoisotopic (exact) mass is 271 g/mol. The first kappa shape index (κ1) is 14.0. The van der Waals surface area contributed by atoms with Gasteiger partial charge >= 0.3 is 0 Å². The van der Waals surface area contributed by atoms with Crippen molar-refractivity contribution in [3.05, 3.63) is 29.8 Å². The summed E-state index contributed by atoms with van der Waals surface area (Å²) in [6.07, 6.45) is 14.2. The summed E-state index contributed by atoms with van der Waals surface area (Å²) in [6.45, 7) is 2.29. The van der Waals surface area contributed by atoms with Crippen LogP contribution in [0.2, 0.25) is 0 Å². The minimum absolute atomic E-state index is 0.799. The van der Waals surface area contributed by atoms with Crippen LogP contribution < -0.4 is 4.90 Å². The molecule has 0 radical (unpaired) electrons. The molecule has 0 N–H and O–H groups in total. The Morgan fingerprint density at radius 2 is 1.25 bits per heavy atom. The fourth-order valence-corrected chi connectivity index (χ4v) is 4.26. The first-order chi connectivity index (χ1) is 9.86. The molecular weight excluding hydrogens is 242 g/mol. The molecule has 2 saturated carbocycles. The lowest BCUT2D eigenvalue weighted by atomic mass is 9.87. The highest BCUT2D eigenvalue weighted by Gasteiger charge is 2.29. The molecule has 1 nitrogen and oxygen atoms in total. The van der Waals surface area contributed by atoms with Gasteiger partial charge in [0.2, 0.25) is 0 Å². The predicted molar refractivity (Wildman–Crippen MR) is 87.4 cm³/mol. The number of hydrogen-bond acceptors (Lipinski definition) is 1. The lowest BCUT2D eigenvalue weighted by Crippen LogP contribution is -2.45. The van der Waals surface area contributed by atoms with Gasteiger partial charge in [-0.15, -0.1) is 0 Å². The molecule has 2 aliphatic rings. The molecule has 2 fully saturated rings. The molecule has 3 rings (SSSR count). The molecule has 0 atom stereocenters. The van der Waals surface area contributed by atoms with E-state index in [4.69, 9.17) is 0 Å². The molecule has 2 aliphatic carbocycles. The number of rotatable bonds is 3. The van der Waals surface area contributed by atoms with Crippen molar-refractivity contribution in [1.82, 2.24) is 0 Å². The van der Waals surface area contributed by atoms with Crippen LogP contribution in [0.25, 0.3) is 0 Å². The summed E-state index contributed by atoms with van der Waals surface area (Å²) >= 11 is 0. The molecule has 0 aromatic heterocycles. The zero-order chi connectivity index (χ0) is 13.8. The van der Waals surface area contributed by atoms with E-state index in [0.717, 1.165) is 12.1 Å². The summed E-state index contributed by atoms with van der Waals surface area (Å²) in [7, 11) is 0. The predicted octanol–water partition coefficient (Wildman–Crippen LogP) is 5.47. The van der Waals surface area contributed by atoms with Crippen LogP contribution in [0.4, 0.5) is 5.69 Å². The average Bonchev–Trinajstić information content (AvgIpc) is 2.52. The maximum Gasteiger partial charge on any atom is 0.0400 e. The van der Waals surface area contributed by atoms with E-state index in [0.29, 0.717) is 0 Å². The molecule has 0 spiro atoms. The summed E-state index contributed by atoms with van der Waals surface area (Å²) in [5.74, 6) is 0. The Morgan fingerprint density at radius 3 is 1.75 bits per heavy atom. The van der Waals surface area contributed by atoms with E-state index in [1.54, 1.807) is 0 Å². The van der Waals surface area contributed by atoms with Gasteiger partial charge in [-0.1, -0.05) is 56.7 Å². The van der Waals surface area contributed by atoms with Gasteiger partial charge in [-0.25, -0.2) is 0 Å². The van der Waals surface area contributed by atoms with Crippen molar-refractivity contribution in [1.29, 1.82) is 0 Å². The van der Waals surface area contributed by atoms with Crippen molar-refractivity contribution in [2.75, 3.05) is 4.90 Å². The highest BCUT2D eigenvalue weighted by Crippen LogP contribution is 2.35. The van der Waals surface area contributed by atoms with Crippen LogP contribution in [0.1, 0.15) is 69.8 Å². The smallest absolute Gasteiger partial charge is 0.0400 e. The van der Waals surface area contributed by atoms with Gasteiger partial charge in [-0.2, -0.15) is 0 Å². The summed E-state index contributed by atoms with van der Waals surface area (Å²) in [4.78, 5) is 2.84. The van der Waals surface area contributed by atoms with E-state index >= 15 is 0 Å². The van der Waals surface area contributed by atoms with Crippen molar-refractivity contribution in [2.45, 2.75) is 83.2 Å². The zero-order valence-corrected chi connectivity index (χ0v) is 13.0. The molecule has 0 amide bonds. The molecular formula is C19H29N. The van der Waals surface area contributed by atoms with Crippen LogP contribution in [0.5, 0.6) is 0 Å². The van der Waals surface area contributed by atoms with Crippen LogP contribution in [0, 0.1) is 6.92 Å². The fourth-order valence-electron chi connectivity index (χ4n) is 4.26. The van der Waals surface area contributed by atoms with Crippen LogP contribution in [-0.4, -0.2) is 12.1 Å². The third-order valence-electron chi connectivity index (χ3n) is 5.33. The van der Waals surface area contributed by atoms with E-state index in [9.17, 15) is 0 Å². The third kappa shape index (κ3) is 3.02. The number of benzene rings is 1. The number of aryl methyl sites for hydroxylation is 1. The Morgan fingerprint density at radius 1 is 0.750 bits per heavy atom. The van der Waals surface area contributed by atoms with E-state index in [1.165, 1.54) is 75.5 Å². The average molecular weight is 271 g/mol. The van der Waals surface area contributed by atoms with E-state index in [1.807, 2.05) is 0 Å². The first-order valence-electron chi connectivity index (χ1n) is 8.70. The molecule has 1 aromatic carbocycles. The molecule has 0 unspecified atom stereocenters. The molecule has 0 heterocycles. The lowest BCUT2D eigenvalue weighted by Gasteiger charge is -2.44. The SMILES string of the molecule is Cc1ccccc1N(C1CCCCC1)C1CCCCC1. The molecule has 0 bridgehead atoms. The van der Waals surface area contributed by atoms with Gasteiger partial charge in [-0.05, 0) is 44.2 Å². The quantitative estimate of drug-likeness (QED) is 0.705. The zero-order valence-electron chi connectivity index (χ0n) is 13.0. The number of hydrogen-bond donors (Lipinski definition) is 0. The molecule has 110 valence electrons. The van der Waals surface area contributed by atoms with Gasteiger partial charge in [0.15, 0.2) is 0 Å². The van der Waals surface area contributed by atoms with E-state index in [-0.39, 0.29) is 0 Å². The van der Waals surface area contributed by atoms with Crippen LogP contribution in [-0.2, 0) is 0 Å². The van der Waals surface area contributed by atoms with Gasteiger partial charge in [0, 0.05) is 17.8 Å². The molecule has 1 aromatic rings. The van der Waals surface area contributed by atoms with Crippen molar-refractivity contribution >= 4 is 5.69 Å². The molecule has 20 heavy (non-hydrogen) atoms. The summed E-state index contributed by atoms with van der Waals surface area (Å²) < 4.78 is 0. The van der Waals surface area contributed by atoms with Crippen molar-refractivity contribution in [3.63, 3.8) is 0 Å². The Bertz CT molecular complexity index is 396. The maximum atomic E-state index is 2.84. The second kappa shape index (κ2) is 6.65. The highest BCUT2D eigenvalue weighted by molar-refractivity contribution is 5.54. The Hall–Kier alpha value is -0.980. The van der Waals surface area contributed by atoms with Gasteiger partial charge in [0.05, 0.1) is 0 Å². The minimum atomic E-state index is 0.799. The van der Waals surface area contributed by atoms with Gasteiger partial charge in [0.1, 0.15) is 0 Å².